The van der Waals surface area contributed by atoms with Crippen molar-refractivity contribution in [3.63, 3.8) is 0 Å². The Hall–Kier alpha value is -1.76. The topological polar surface area (TPSA) is 35.6 Å². The highest BCUT2D eigenvalue weighted by Crippen LogP contribution is 2.34. The maximum Gasteiger partial charge on any atom is 0.418 e. The zero-order chi connectivity index (χ0) is 17.7. The number of carbonyl (C=O) groups is 1. The third-order valence-electron chi connectivity index (χ3n) is 4.16. The van der Waals surface area contributed by atoms with Crippen LogP contribution in [-0.2, 0) is 6.18 Å². The van der Waals surface area contributed by atoms with Crippen molar-refractivity contribution in [2.75, 3.05) is 38.0 Å². The molecule has 1 aromatic carbocycles. The average Bonchev–Trinajstić information content (AvgIpc) is 2.53. The number of alkyl halides is 3. The van der Waals surface area contributed by atoms with Gasteiger partial charge in [0.1, 0.15) is 0 Å². The lowest BCUT2D eigenvalue weighted by Gasteiger charge is -2.35. The van der Waals surface area contributed by atoms with E-state index in [-0.39, 0.29) is 5.69 Å². The molecule has 2 amide bonds. The molecule has 0 bridgehead atoms. The maximum atomic E-state index is 13.0. The van der Waals surface area contributed by atoms with E-state index in [1.807, 2.05) is 0 Å². The number of halogens is 3. The largest absolute Gasteiger partial charge is 0.418 e. The first-order valence-electron chi connectivity index (χ1n) is 8.22. The Kier molecular flexibility index (Phi) is 6.10. The number of urea groups is 1. The molecule has 0 aliphatic carbocycles. The highest BCUT2D eigenvalue weighted by molar-refractivity contribution is 5.90. The Morgan fingerprint density at radius 2 is 1.79 bits per heavy atom. The van der Waals surface area contributed by atoms with E-state index in [4.69, 9.17) is 0 Å². The normalized spacial score (nSPS) is 16.5. The molecule has 1 saturated heterocycles. The first-order valence-corrected chi connectivity index (χ1v) is 8.22. The lowest BCUT2D eigenvalue weighted by Crippen LogP contribution is -2.50. The summed E-state index contributed by atoms with van der Waals surface area (Å²) in [5.74, 6) is 0.630. The molecule has 1 aliphatic rings. The number of nitrogens with one attached hydrogen (secondary N) is 1. The lowest BCUT2D eigenvalue weighted by atomic mass is 10.1. The van der Waals surface area contributed by atoms with Gasteiger partial charge in [-0.2, -0.15) is 13.2 Å². The first kappa shape index (κ1) is 18.6. The maximum absolute atomic E-state index is 13.0. The molecule has 1 aromatic rings. The van der Waals surface area contributed by atoms with Crippen LogP contribution in [0.1, 0.15) is 25.8 Å². The molecule has 0 spiro atoms. The van der Waals surface area contributed by atoms with Crippen molar-refractivity contribution in [3.8, 4) is 0 Å². The molecular weight excluding hydrogens is 319 g/mol. The molecule has 1 heterocycles. The Morgan fingerprint density at radius 3 is 2.38 bits per heavy atom. The highest BCUT2D eigenvalue weighted by atomic mass is 19.4. The van der Waals surface area contributed by atoms with Crippen molar-refractivity contribution in [1.29, 1.82) is 0 Å². The fraction of sp³-hybridized carbons (Fsp3) is 0.588. The standard InChI is InChI=1S/C17H24F3N3O/c1-13(2)7-8-22-9-11-23(12-10-22)16(24)21-15-6-4-3-5-14(15)17(18,19)20/h3-6,13H,7-12H2,1-2H3,(H,21,24). The summed E-state index contributed by atoms with van der Waals surface area (Å²) in [4.78, 5) is 16.1. The summed E-state index contributed by atoms with van der Waals surface area (Å²) in [5, 5.41) is 2.40. The predicted molar refractivity (Wildman–Crippen MR) is 87.9 cm³/mol. The molecule has 1 N–H and O–H groups in total. The molecular formula is C17H24F3N3O. The number of benzene rings is 1. The lowest BCUT2D eigenvalue weighted by molar-refractivity contribution is -0.136. The van der Waals surface area contributed by atoms with E-state index in [0.29, 0.717) is 19.0 Å². The van der Waals surface area contributed by atoms with Gasteiger partial charge in [0.05, 0.1) is 11.3 Å². The summed E-state index contributed by atoms with van der Waals surface area (Å²) in [6, 6.07) is 4.56. The fourth-order valence-corrected chi connectivity index (χ4v) is 2.65. The van der Waals surface area contributed by atoms with Crippen molar-refractivity contribution in [3.05, 3.63) is 29.8 Å². The summed E-state index contributed by atoms with van der Waals surface area (Å²) in [7, 11) is 0. The number of anilines is 1. The van der Waals surface area contributed by atoms with Gasteiger partial charge < -0.3 is 10.2 Å². The van der Waals surface area contributed by atoms with Crippen LogP contribution in [0.15, 0.2) is 24.3 Å². The number of amides is 2. The second-order valence-electron chi connectivity index (χ2n) is 6.48. The van der Waals surface area contributed by atoms with Crippen LogP contribution in [0.4, 0.5) is 23.7 Å². The Balaban J connectivity index is 1.91. The number of rotatable bonds is 4. The average molecular weight is 343 g/mol. The molecule has 0 saturated carbocycles. The van der Waals surface area contributed by atoms with Crippen LogP contribution in [0.25, 0.3) is 0 Å². The van der Waals surface area contributed by atoms with Crippen molar-refractivity contribution in [1.82, 2.24) is 9.80 Å². The van der Waals surface area contributed by atoms with Crippen molar-refractivity contribution in [2.45, 2.75) is 26.4 Å². The van der Waals surface area contributed by atoms with Gasteiger partial charge in [0.25, 0.3) is 0 Å². The van der Waals surface area contributed by atoms with Crippen LogP contribution in [0.5, 0.6) is 0 Å². The molecule has 0 unspecified atom stereocenters. The van der Waals surface area contributed by atoms with Gasteiger partial charge in [0.2, 0.25) is 0 Å². The molecule has 7 heteroatoms. The van der Waals surface area contributed by atoms with Gasteiger partial charge in [-0.3, -0.25) is 4.90 Å². The van der Waals surface area contributed by atoms with Crippen LogP contribution in [-0.4, -0.2) is 48.6 Å². The first-order chi connectivity index (χ1) is 11.3. The SMILES string of the molecule is CC(C)CCN1CCN(C(=O)Nc2ccccc2C(F)(F)F)CC1. The smallest absolute Gasteiger partial charge is 0.322 e. The number of para-hydroxylation sites is 1. The van der Waals surface area contributed by atoms with Gasteiger partial charge in [0, 0.05) is 26.2 Å². The third kappa shape index (κ3) is 5.12. The minimum atomic E-state index is -4.49. The quantitative estimate of drug-likeness (QED) is 0.900. The molecule has 2 rings (SSSR count). The summed E-state index contributed by atoms with van der Waals surface area (Å²) >= 11 is 0. The van der Waals surface area contributed by atoms with Crippen molar-refractivity contribution < 1.29 is 18.0 Å². The minimum absolute atomic E-state index is 0.197. The van der Waals surface area contributed by atoms with E-state index in [1.165, 1.54) is 18.2 Å². The monoisotopic (exact) mass is 343 g/mol. The van der Waals surface area contributed by atoms with Gasteiger partial charge >= 0.3 is 12.2 Å². The zero-order valence-corrected chi connectivity index (χ0v) is 14.1. The Morgan fingerprint density at radius 1 is 1.17 bits per heavy atom. The Labute approximate surface area is 140 Å². The minimum Gasteiger partial charge on any atom is -0.322 e. The van der Waals surface area contributed by atoms with E-state index < -0.39 is 17.8 Å². The number of hydrogen-bond acceptors (Lipinski definition) is 2. The summed E-state index contributed by atoms with van der Waals surface area (Å²) in [5.41, 5.74) is -1.02. The van der Waals surface area contributed by atoms with Crippen LogP contribution < -0.4 is 5.32 Å². The van der Waals surface area contributed by atoms with Gasteiger partial charge in [-0.15, -0.1) is 0 Å². The molecule has 0 radical (unpaired) electrons. The third-order valence-corrected chi connectivity index (χ3v) is 4.16. The number of piperazine rings is 1. The molecule has 0 aromatic heterocycles. The van der Waals surface area contributed by atoms with Crippen LogP contribution in [0.3, 0.4) is 0 Å². The second-order valence-corrected chi connectivity index (χ2v) is 6.48. The molecule has 4 nitrogen and oxygen atoms in total. The predicted octanol–water partition coefficient (Wildman–Crippen LogP) is 3.90. The summed E-state index contributed by atoms with van der Waals surface area (Å²) in [6.07, 6.45) is -3.38. The summed E-state index contributed by atoms with van der Waals surface area (Å²) < 4.78 is 38.9. The summed E-state index contributed by atoms with van der Waals surface area (Å²) in [6.45, 7) is 7.88. The molecule has 1 fully saturated rings. The Bertz CT molecular complexity index is 552. The van der Waals surface area contributed by atoms with Gasteiger partial charge in [0.15, 0.2) is 0 Å². The molecule has 134 valence electrons. The van der Waals surface area contributed by atoms with Crippen LogP contribution in [0, 0.1) is 5.92 Å². The molecule has 0 atom stereocenters. The number of hydrogen-bond donors (Lipinski definition) is 1. The number of carbonyl (C=O) groups excluding carboxylic acids is 1. The van der Waals surface area contributed by atoms with Gasteiger partial charge in [-0.1, -0.05) is 26.0 Å². The van der Waals surface area contributed by atoms with Crippen molar-refractivity contribution >= 4 is 11.7 Å². The fourth-order valence-electron chi connectivity index (χ4n) is 2.65. The second kappa shape index (κ2) is 7.88. The van der Waals surface area contributed by atoms with E-state index in [0.717, 1.165) is 32.1 Å². The molecule has 24 heavy (non-hydrogen) atoms. The van der Waals surface area contributed by atoms with E-state index in [1.54, 1.807) is 4.90 Å². The highest BCUT2D eigenvalue weighted by Gasteiger charge is 2.34. The van der Waals surface area contributed by atoms with Gasteiger partial charge in [-0.25, -0.2) is 4.79 Å². The zero-order valence-electron chi connectivity index (χ0n) is 14.1. The van der Waals surface area contributed by atoms with Crippen LogP contribution in [0.2, 0.25) is 0 Å². The number of nitrogens with zero attached hydrogens (tertiary/aromatic N) is 2. The van der Waals surface area contributed by atoms with E-state index in [2.05, 4.69) is 24.1 Å². The van der Waals surface area contributed by atoms with Crippen molar-refractivity contribution in [2.24, 2.45) is 5.92 Å². The van der Waals surface area contributed by atoms with Gasteiger partial charge in [-0.05, 0) is 31.0 Å². The van der Waals surface area contributed by atoms with Crippen LogP contribution >= 0.6 is 0 Å². The van der Waals surface area contributed by atoms with E-state index in [9.17, 15) is 18.0 Å². The van der Waals surface area contributed by atoms with E-state index >= 15 is 0 Å². The molecule has 1 aliphatic heterocycles.